The molecule has 2 atom stereocenters. The van der Waals surface area contributed by atoms with E-state index in [0.29, 0.717) is 16.6 Å². The quantitative estimate of drug-likeness (QED) is 0.130. The number of halogens is 3. The normalized spacial score (nSPS) is 12.5. The van der Waals surface area contributed by atoms with Crippen LogP contribution in [0, 0.1) is 0 Å². The molecule has 0 aliphatic rings. The number of hydrogen-bond acceptors (Lipinski definition) is 6. The fraction of sp³-hybridized carbons (Fsp3) is 0.138. The Kier molecular flexibility index (Phi) is 9.17. The number of ether oxygens (including phenoxy) is 1. The van der Waals surface area contributed by atoms with Gasteiger partial charge in [-0.1, -0.05) is 42.5 Å². The second-order valence-electron chi connectivity index (χ2n) is 9.23. The average molecular weight is 613 g/mol. The minimum atomic E-state index is -5.08. The number of hydrogen-bond donors (Lipinski definition) is 6. The van der Waals surface area contributed by atoms with Crippen molar-refractivity contribution in [2.75, 3.05) is 0 Å². The zero-order valence-corrected chi connectivity index (χ0v) is 22.3. The van der Waals surface area contributed by atoms with Gasteiger partial charge in [-0.05, 0) is 35.4 Å². The summed E-state index contributed by atoms with van der Waals surface area (Å²) < 4.78 is 37.3. The van der Waals surface area contributed by atoms with Crippen LogP contribution >= 0.6 is 0 Å². The molecule has 2 aromatic heterocycles. The molecule has 44 heavy (non-hydrogen) atoms. The number of H-pyrrole nitrogens is 2. The van der Waals surface area contributed by atoms with E-state index in [1.54, 1.807) is 48.7 Å². The van der Waals surface area contributed by atoms with Crippen LogP contribution in [-0.2, 0) is 14.4 Å². The number of carboxylic acids is 3. The maximum absolute atomic E-state index is 12.6. The van der Waals surface area contributed by atoms with E-state index in [4.69, 9.17) is 14.6 Å². The predicted molar refractivity (Wildman–Crippen MR) is 148 cm³/mol. The first-order chi connectivity index (χ1) is 20.8. The highest BCUT2D eigenvalue weighted by atomic mass is 19.4. The summed E-state index contributed by atoms with van der Waals surface area (Å²) in [5.41, 5.74) is 3.51. The molecule has 0 spiro atoms. The summed E-state index contributed by atoms with van der Waals surface area (Å²) in [5.74, 6) is -6.01. The number of nitrogens with zero attached hydrogens (tertiary/aromatic N) is 1. The summed E-state index contributed by atoms with van der Waals surface area (Å²) in [6.45, 7) is 0. The fourth-order valence-electron chi connectivity index (χ4n) is 4.28. The van der Waals surface area contributed by atoms with Crippen molar-refractivity contribution in [3.8, 4) is 5.75 Å². The van der Waals surface area contributed by atoms with Gasteiger partial charge in [0.1, 0.15) is 5.75 Å². The third kappa shape index (κ3) is 7.50. The van der Waals surface area contributed by atoms with Gasteiger partial charge >= 0.3 is 24.1 Å². The van der Waals surface area contributed by atoms with Crippen LogP contribution in [0.15, 0.2) is 79.0 Å². The standard InChI is InChI=1S/C27H22N4O6.C2HF3O2/c32-23(33)13-18(15-6-2-1-3-7-15)19-14-28-22-12-16(10-11-17(19)22)37-26(27(35)36)31-25(34)24-29-20-8-4-5-9-21(20)30-24;3-2(4,5)1(6)7/h1-12,14,18,26,28H,13H2,(H,29,30)(H,31,34)(H,32,33)(H,35,36);(H,6,7). The molecule has 12 nitrogen and oxygen atoms in total. The number of alkyl halides is 3. The van der Waals surface area contributed by atoms with Crippen LogP contribution in [0.5, 0.6) is 5.75 Å². The molecule has 0 bridgehead atoms. The van der Waals surface area contributed by atoms with Crippen molar-refractivity contribution >= 4 is 45.8 Å². The minimum Gasteiger partial charge on any atom is -0.481 e. The molecule has 2 heterocycles. The fourth-order valence-corrected chi connectivity index (χ4v) is 4.28. The van der Waals surface area contributed by atoms with E-state index >= 15 is 0 Å². The number of carbonyl (C=O) groups is 4. The molecule has 15 heteroatoms. The third-order valence-corrected chi connectivity index (χ3v) is 6.23. The first-order valence-electron chi connectivity index (χ1n) is 12.7. The first kappa shape index (κ1) is 31.1. The van der Waals surface area contributed by atoms with Crippen molar-refractivity contribution in [2.24, 2.45) is 0 Å². The largest absolute Gasteiger partial charge is 0.490 e. The molecule has 0 aliphatic heterocycles. The number of benzene rings is 3. The van der Waals surface area contributed by atoms with E-state index in [-0.39, 0.29) is 23.9 Å². The van der Waals surface area contributed by atoms with Crippen LogP contribution in [0.2, 0.25) is 0 Å². The smallest absolute Gasteiger partial charge is 0.481 e. The lowest BCUT2D eigenvalue weighted by Crippen LogP contribution is -2.45. The number of aliphatic carboxylic acids is 3. The number of carboxylic acid groups (broad SMARTS) is 3. The van der Waals surface area contributed by atoms with Crippen molar-refractivity contribution in [3.05, 3.63) is 95.9 Å². The Morgan fingerprint density at radius 3 is 2.18 bits per heavy atom. The SMILES string of the molecule is O=C(O)C(F)(F)F.O=C(O)CC(c1ccccc1)c1c[nH]c2cc(OC(NC(=O)c3nc4ccccc4[nH]3)C(=O)O)ccc12. The van der Waals surface area contributed by atoms with Crippen LogP contribution in [-0.4, -0.2) is 66.5 Å². The monoisotopic (exact) mass is 612 g/mol. The van der Waals surface area contributed by atoms with E-state index in [0.717, 1.165) is 16.5 Å². The Hall–Kier alpha value is -5.86. The van der Waals surface area contributed by atoms with E-state index in [1.165, 1.54) is 0 Å². The number of para-hydroxylation sites is 2. The molecule has 1 amide bonds. The van der Waals surface area contributed by atoms with Gasteiger partial charge in [0.25, 0.3) is 12.1 Å². The molecular formula is C29H23F3N4O8. The van der Waals surface area contributed by atoms with E-state index in [1.807, 2.05) is 30.3 Å². The topological polar surface area (TPSA) is 195 Å². The van der Waals surface area contributed by atoms with Crippen molar-refractivity contribution in [1.82, 2.24) is 20.3 Å². The minimum absolute atomic E-state index is 0.0362. The van der Waals surface area contributed by atoms with E-state index in [9.17, 15) is 37.8 Å². The number of aromatic nitrogens is 3. The van der Waals surface area contributed by atoms with Gasteiger partial charge in [-0.2, -0.15) is 13.2 Å². The number of fused-ring (bicyclic) bond motifs is 2. The maximum Gasteiger partial charge on any atom is 0.490 e. The Balaban J connectivity index is 0.000000566. The molecule has 0 radical (unpaired) electrons. The van der Waals surface area contributed by atoms with Gasteiger partial charge in [-0.25, -0.2) is 14.6 Å². The Morgan fingerprint density at radius 2 is 1.57 bits per heavy atom. The number of nitrogens with one attached hydrogen (secondary N) is 3. The Morgan fingerprint density at radius 1 is 0.909 bits per heavy atom. The van der Waals surface area contributed by atoms with Gasteiger partial charge in [-0.3, -0.25) is 9.59 Å². The molecule has 3 aromatic carbocycles. The van der Waals surface area contributed by atoms with Crippen molar-refractivity contribution in [2.45, 2.75) is 24.7 Å². The van der Waals surface area contributed by atoms with Gasteiger partial charge in [-0.15, -0.1) is 0 Å². The summed E-state index contributed by atoms with van der Waals surface area (Å²) >= 11 is 0. The maximum atomic E-state index is 12.6. The van der Waals surface area contributed by atoms with Crippen molar-refractivity contribution < 1.29 is 52.4 Å². The number of rotatable bonds is 9. The predicted octanol–water partition coefficient (Wildman–Crippen LogP) is 4.50. The lowest BCUT2D eigenvalue weighted by molar-refractivity contribution is -0.192. The highest BCUT2D eigenvalue weighted by molar-refractivity contribution is 5.96. The number of carbonyl (C=O) groups excluding carboxylic acids is 1. The first-order valence-corrected chi connectivity index (χ1v) is 12.7. The summed E-state index contributed by atoms with van der Waals surface area (Å²) in [4.78, 5) is 55.1. The van der Waals surface area contributed by atoms with Crippen LogP contribution in [0.1, 0.15) is 34.1 Å². The molecule has 228 valence electrons. The lowest BCUT2D eigenvalue weighted by Gasteiger charge is -2.17. The molecule has 0 aliphatic carbocycles. The molecule has 5 aromatic rings. The highest BCUT2D eigenvalue weighted by Gasteiger charge is 2.38. The van der Waals surface area contributed by atoms with E-state index < -0.39 is 36.2 Å². The van der Waals surface area contributed by atoms with Gasteiger partial charge in [0.15, 0.2) is 5.82 Å². The van der Waals surface area contributed by atoms with Crippen LogP contribution in [0.3, 0.4) is 0 Å². The number of imidazole rings is 1. The number of amides is 1. The van der Waals surface area contributed by atoms with Gasteiger partial charge in [0.05, 0.1) is 17.5 Å². The highest BCUT2D eigenvalue weighted by Crippen LogP contribution is 2.34. The average Bonchev–Trinajstić information content (AvgIpc) is 3.60. The second-order valence-corrected chi connectivity index (χ2v) is 9.23. The third-order valence-electron chi connectivity index (χ3n) is 6.23. The molecule has 0 saturated heterocycles. The summed E-state index contributed by atoms with van der Waals surface area (Å²) in [5, 5.41) is 29.3. The van der Waals surface area contributed by atoms with Crippen LogP contribution in [0.25, 0.3) is 21.9 Å². The molecule has 0 fully saturated rings. The summed E-state index contributed by atoms with van der Waals surface area (Å²) in [7, 11) is 0. The van der Waals surface area contributed by atoms with Crippen molar-refractivity contribution in [1.29, 1.82) is 0 Å². The van der Waals surface area contributed by atoms with Crippen LogP contribution < -0.4 is 10.1 Å². The summed E-state index contributed by atoms with van der Waals surface area (Å²) in [6, 6.07) is 21.3. The van der Waals surface area contributed by atoms with Gasteiger partial charge in [0.2, 0.25) is 0 Å². The molecule has 0 saturated carbocycles. The van der Waals surface area contributed by atoms with E-state index in [2.05, 4.69) is 20.3 Å². The molecular weight excluding hydrogens is 589 g/mol. The Bertz CT molecular complexity index is 1780. The molecule has 6 N–H and O–H groups in total. The lowest BCUT2D eigenvalue weighted by atomic mass is 9.88. The van der Waals surface area contributed by atoms with Crippen molar-refractivity contribution in [3.63, 3.8) is 0 Å². The zero-order chi connectivity index (χ0) is 32.0. The second kappa shape index (κ2) is 13.0. The molecule has 2 unspecified atom stereocenters. The number of aromatic amines is 2. The summed E-state index contributed by atoms with van der Waals surface area (Å²) in [6.07, 6.45) is -5.10. The molecule has 5 rings (SSSR count). The van der Waals surface area contributed by atoms with Crippen LogP contribution in [0.4, 0.5) is 13.2 Å². The van der Waals surface area contributed by atoms with Gasteiger partial charge < -0.3 is 35.3 Å². The van der Waals surface area contributed by atoms with Gasteiger partial charge in [0, 0.05) is 29.1 Å². The Labute approximate surface area is 245 Å². The zero-order valence-electron chi connectivity index (χ0n) is 22.3.